The third-order valence-corrected chi connectivity index (χ3v) is 3.65. The Morgan fingerprint density at radius 1 is 1.47 bits per heavy atom. The maximum atomic E-state index is 5.97. The van der Waals surface area contributed by atoms with E-state index in [0.717, 1.165) is 0 Å². The molecule has 1 aliphatic heterocycles. The zero-order valence-electron chi connectivity index (χ0n) is 11.0. The molecule has 1 aliphatic rings. The molecule has 0 unspecified atom stereocenters. The van der Waals surface area contributed by atoms with E-state index in [2.05, 4.69) is 21.4 Å². The Morgan fingerprint density at radius 3 is 2.76 bits per heavy atom. The van der Waals surface area contributed by atoms with Gasteiger partial charge < -0.3 is 15.2 Å². The summed E-state index contributed by atoms with van der Waals surface area (Å²) in [6, 6.07) is 0.665. The number of nitrogens with two attached hydrogens (primary N) is 1. The summed E-state index contributed by atoms with van der Waals surface area (Å²) < 4.78 is 2.29. The van der Waals surface area contributed by atoms with Gasteiger partial charge in [-0.2, -0.15) is 0 Å². The highest BCUT2D eigenvalue weighted by Gasteiger charge is 2.22. The van der Waals surface area contributed by atoms with Crippen LogP contribution in [0.3, 0.4) is 0 Å². The van der Waals surface area contributed by atoms with Crippen LogP contribution in [0.1, 0.15) is 50.9 Å². The number of hydrogen-bond acceptors (Lipinski definition) is 3. The Hall–Kier alpha value is -0.870. The average molecular weight is 236 g/mol. The van der Waals surface area contributed by atoms with Crippen molar-refractivity contribution in [3.63, 3.8) is 0 Å². The average Bonchev–Trinajstić information content (AvgIpc) is 2.79. The molecule has 0 aromatic carbocycles. The lowest BCUT2D eigenvalue weighted by atomic mass is 10.0. The quantitative estimate of drug-likeness (QED) is 0.869. The summed E-state index contributed by atoms with van der Waals surface area (Å²) in [6.45, 7) is 7.91. The Morgan fingerprint density at radius 2 is 2.18 bits per heavy atom. The van der Waals surface area contributed by atoms with Crippen LogP contribution < -0.4 is 5.73 Å². The standard InChI is InChI=1S/C13H24N4/c1-3-6-16-7-4-12(5-8-16)17-10-15-9-13(17)11(2)14/h9-12H,3-8,14H2,1-2H3/t11-/m1/s1. The monoisotopic (exact) mass is 236 g/mol. The van der Waals surface area contributed by atoms with Crippen molar-refractivity contribution in [2.75, 3.05) is 19.6 Å². The van der Waals surface area contributed by atoms with E-state index >= 15 is 0 Å². The Bertz CT molecular complexity index is 337. The van der Waals surface area contributed by atoms with E-state index in [1.807, 2.05) is 19.4 Å². The highest BCUT2D eigenvalue weighted by Crippen LogP contribution is 2.25. The first kappa shape index (κ1) is 12.6. The van der Waals surface area contributed by atoms with Gasteiger partial charge >= 0.3 is 0 Å². The molecule has 4 nitrogen and oxygen atoms in total. The fourth-order valence-electron chi connectivity index (χ4n) is 2.71. The van der Waals surface area contributed by atoms with Crippen molar-refractivity contribution in [3.8, 4) is 0 Å². The molecular formula is C13H24N4. The van der Waals surface area contributed by atoms with Crippen molar-refractivity contribution in [1.29, 1.82) is 0 Å². The van der Waals surface area contributed by atoms with Gasteiger partial charge in [0.05, 0.1) is 12.0 Å². The fourth-order valence-corrected chi connectivity index (χ4v) is 2.71. The van der Waals surface area contributed by atoms with Crippen LogP contribution in [-0.2, 0) is 0 Å². The van der Waals surface area contributed by atoms with Crippen molar-refractivity contribution in [1.82, 2.24) is 14.5 Å². The smallest absolute Gasteiger partial charge is 0.0951 e. The lowest BCUT2D eigenvalue weighted by Gasteiger charge is -2.33. The molecule has 1 aromatic rings. The molecular weight excluding hydrogens is 212 g/mol. The zero-order chi connectivity index (χ0) is 12.3. The van der Waals surface area contributed by atoms with E-state index in [0.29, 0.717) is 6.04 Å². The van der Waals surface area contributed by atoms with E-state index in [1.165, 1.54) is 44.6 Å². The van der Waals surface area contributed by atoms with Crippen LogP contribution >= 0.6 is 0 Å². The molecule has 0 aliphatic carbocycles. The first-order chi connectivity index (χ1) is 8.22. The van der Waals surface area contributed by atoms with E-state index < -0.39 is 0 Å². The minimum absolute atomic E-state index is 0.0752. The summed E-state index contributed by atoms with van der Waals surface area (Å²) in [5, 5.41) is 0. The molecule has 1 aromatic heterocycles. The second-order valence-corrected chi connectivity index (χ2v) is 5.09. The van der Waals surface area contributed by atoms with E-state index in [4.69, 9.17) is 5.73 Å². The topological polar surface area (TPSA) is 47.1 Å². The Labute approximate surface area is 104 Å². The summed E-state index contributed by atoms with van der Waals surface area (Å²) in [7, 11) is 0. The molecule has 96 valence electrons. The molecule has 1 saturated heterocycles. The Balaban J connectivity index is 1.98. The molecule has 1 fully saturated rings. The number of likely N-dealkylation sites (tertiary alicyclic amines) is 1. The van der Waals surface area contributed by atoms with Crippen molar-refractivity contribution in [3.05, 3.63) is 18.2 Å². The number of nitrogens with zero attached hydrogens (tertiary/aromatic N) is 3. The predicted molar refractivity (Wildman–Crippen MR) is 69.8 cm³/mol. The molecule has 17 heavy (non-hydrogen) atoms. The minimum atomic E-state index is 0.0752. The molecule has 0 radical (unpaired) electrons. The van der Waals surface area contributed by atoms with Crippen LogP contribution in [0.2, 0.25) is 0 Å². The highest BCUT2D eigenvalue weighted by atomic mass is 15.2. The SMILES string of the molecule is CCCN1CCC(n2cncc2[C@@H](C)N)CC1. The molecule has 2 rings (SSSR count). The first-order valence-electron chi connectivity index (χ1n) is 6.72. The Kier molecular flexibility index (Phi) is 4.18. The van der Waals surface area contributed by atoms with Crippen LogP contribution in [0.15, 0.2) is 12.5 Å². The second-order valence-electron chi connectivity index (χ2n) is 5.09. The second kappa shape index (κ2) is 5.65. The fraction of sp³-hybridized carbons (Fsp3) is 0.769. The molecule has 2 heterocycles. The number of rotatable bonds is 4. The number of hydrogen-bond donors (Lipinski definition) is 1. The third-order valence-electron chi connectivity index (χ3n) is 3.65. The van der Waals surface area contributed by atoms with Gasteiger partial charge in [-0.3, -0.25) is 0 Å². The van der Waals surface area contributed by atoms with Crippen LogP contribution in [0.25, 0.3) is 0 Å². The number of piperidine rings is 1. The van der Waals surface area contributed by atoms with Crippen LogP contribution in [0.5, 0.6) is 0 Å². The molecule has 0 spiro atoms. The van der Waals surface area contributed by atoms with Gasteiger partial charge in [0.25, 0.3) is 0 Å². The number of imidazole rings is 1. The summed E-state index contributed by atoms with van der Waals surface area (Å²) >= 11 is 0. The number of aromatic nitrogens is 2. The van der Waals surface area contributed by atoms with Gasteiger partial charge in [0, 0.05) is 31.4 Å². The van der Waals surface area contributed by atoms with Gasteiger partial charge in [0.15, 0.2) is 0 Å². The molecule has 0 saturated carbocycles. The summed E-state index contributed by atoms with van der Waals surface area (Å²) in [6.07, 6.45) is 7.54. The van der Waals surface area contributed by atoms with Crippen molar-refractivity contribution in [2.45, 2.75) is 45.2 Å². The predicted octanol–water partition coefficient (Wildman–Crippen LogP) is 1.95. The molecule has 0 bridgehead atoms. The van der Waals surface area contributed by atoms with Crippen molar-refractivity contribution < 1.29 is 0 Å². The van der Waals surface area contributed by atoms with Crippen molar-refractivity contribution >= 4 is 0 Å². The van der Waals surface area contributed by atoms with Gasteiger partial charge in [-0.25, -0.2) is 4.98 Å². The van der Waals surface area contributed by atoms with Gasteiger partial charge in [-0.15, -0.1) is 0 Å². The first-order valence-corrected chi connectivity index (χ1v) is 6.72. The summed E-state index contributed by atoms with van der Waals surface area (Å²) in [4.78, 5) is 6.80. The largest absolute Gasteiger partial charge is 0.330 e. The summed E-state index contributed by atoms with van der Waals surface area (Å²) in [5.74, 6) is 0. The van der Waals surface area contributed by atoms with Crippen molar-refractivity contribution in [2.24, 2.45) is 5.73 Å². The van der Waals surface area contributed by atoms with Crippen LogP contribution in [0, 0.1) is 0 Å². The van der Waals surface area contributed by atoms with Crippen LogP contribution in [-0.4, -0.2) is 34.1 Å². The summed E-state index contributed by atoms with van der Waals surface area (Å²) in [5.41, 5.74) is 7.14. The third kappa shape index (κ3) is 2.87. The molecule has 4 heteroatoms. The van der Waals surface area contributed by atoms with E-state index in [-0.39, 0.29) is 6.04 Å². The maximum Gasteiger partial charge on any atom is 0.0951 e. The zero-order valence-corrected chi connectivity index (χ0v) is 11.0. The lowest BCUT2D eigenvalue weighted by molar-refractivity contribution is 0.185. The maximum absolute atomic E-state index is 5.97. The van der Waals surface area contributed by atoms with Gasteiger partial charge in [0.1, 0.15) is 0 Å². The van der Waals surface area contributed by atoms with Gasteiger partial charge in [-0.1, -0.05) is 6.92 Å². The van der Waals surface area contributed by atoms with E-state index in [1.54, 1.807) is 0 Å². The van der Waals surface area contributed by atoms with E-state index in [9.17, 15) is 0 Å². The minimum Gasteiger partial charge on any atom is -0.330 e. The molecule has 1 atom stereocenters. The molecule has 2 N–H and O–H groups in total. The highest BCUT2D eigenvalue weighted by molar-refractivity contribution is 5.05. The normalized spacial score (nSPS) is 20.6. The van der Waals surface area contributed by atoms with Gasteiger partial charge in [0.2, 0.25) is 0 Å². The lowest BCUT2D eigenvalue weighted by Crippen LogP contribution is -2.35. The van der Waals surface area contributed by atoms with Gasteiger partial charge in [-0.05, 0) is 32.7 Å². The van der Waals surface area contributed by atoms with Crippen LogP contribution in [0.4, 0.5) is 0 Å². The molecule has 0 amide bonds.